The highest BCUT2D eigenvalue weighted by Gasteiger charge is 2.18. The fourth-order valence-electron chi connectivity index (χ4n) is 2.16. The molecule has 1 N–H and O–H groups in total. The lowest BCUT2D eigenvalue weighted by atomic mass is 9.86. The highest BCUT2D eigenvalue weighted by atomic mass is 17.1. The molecule has 0 aliphatic heterocycles. The summed E-state index contributed by atoms with van der Waals surface area (Å²) in [5, 5.41) is 8.89. The molecule has 1 aliphatic carbocycles. The van der Waals surface area contributed by atoms with E-state index in [0.717, 1.165) is 36.8 Å². The Bertz CT molecular complexity index is 302. The number of hydrogen-bond donors (Lipinski definition) is 1. The highest BCUT2D eigenvalue weighted by molar-refractivity contribution is 5.18. The van der Waals surface area contributed by atoms with Crippen LogP contribution in [0.2, 0.25) is 0 Å². The second kappa shape index (κ2) is 6.77. The zero-order valence-electron chi connectivity index (χ0n) is 11.0. The van der Waals surface area contributed by atoms with Gasteiger partial charge in [-0.3, -0.25) is 5.26 Å². The minimum absolute atomic E-state index is 0.244. The lowest BCUT2D eigenvalue weighted by Crippen LogP contribution is -2.16. The summed E-state index contributed by atoms with van der Waals surface area (Å²) in [5.41, 5.74) is 2.08. The van der Waals surface area contributed by atoms with E-state index in [2.05, 4.69) is 44.0 Å². The van der Waals surface area contributed by atoms with Crippen LogP contribution in [0.4, 0.5) is 0 Å². The first-order valence-corrected chi connectivity index (χ1v) is 6.38. The lowest BCUT2D eigenvalue weighted by molar-refractivity contribution is -0.270. The van der Waals surface area contributed by atoms with E-state index >= 15 is 0 Å². The van der Waals surface area contributed by atoms with Crippen molar-refractivity contribution in [3.05, 3.63) is 36.5 Å². The third-order valence-corrected chi connectivity index (χ3v) is 3.54. The quantitative estimate of drug-likeness (QED) is 0.438. The molecule has 0 unspecified atom stereocenters. The molecule has 0 spiro atoms. The summed E-state index contributed by atoms with van der Waals surface area (Å²) in [6.07, 6.45) is 7.70. The predicted octanol–water partition coefficient (Wildman–Crippen LogP) is 4.36. The molecule has 96 valence electrons. The Kier molecular flexibility index (Phi) is 5.66. The van der Waals surface area contributed by atoms with E-state index in [1.807, 2.05) is 0 Å². The van der Waals surface area contributed by atoms with Crippen LogP contribution in [0.15, 0.2) is 36.5 Å². The van der Waals surface area contributed by atoms with Crippen LogP contribution in [-0.2, 0) is 4.89 Å². The van der Waals surface area contributed by atoms with E-state index in [0.29, 0.717) is 11.8 Å². The normalized spacial score (nSPS) is 27.5. The third-order valence-electron chi connectivity index (χ3n) is 3.54. The van der Waals surface area contributed by atoms with Gasteiger partial charge in [0, 0.05) is 0 Å². The molecule has 0 amide bonds. The molecule has 0 saturated carbocycles. The minimum atomic E-state index is -0.244. The first-order chi connectivity index (χ1) is 8.04. The summed E-state index contributed by atoms with van der Waals surface area (Å²) in [6.45, 7) is 12.5. The zero-order chi connectivity index (χ0) is 12.8. The molecule has 0 heterocycles. The molecule has 17 heavy (non-hydrogen) atoms. The van der Waals surface area contributed by atoms with Crippen LogP contribution in [0.5, 0.6) is 0 Å². The minimum Gasteiger partial charge on any atom is -0.251 e. The van der Waals surface area contributed by atoms with Crippen LogP contribution in [0.3, 0.4) is 0 Å². The Morgan fingerprint density at radius 3 is 2.59 bits per heavy atom. The Labute approximate surface area is 105 Å². The van der Waals surface area contributed by atoms with E-state index in [1.165, 1.54) is 0 Å². The van der Waals surface area contributed by atoms with Crippen LogP contribution in [0, 0.1) is 11.8 Å². The molecule has 2 atom stereocenters. The Morgan fingerprint density at radius 2 is 2.00 bits per heavy atom. The number of allylic oxidation sites excluding steroid dienone is 3. The second-order valence-electron chi connectivity index (χ2n) is 5.25. The van der Waals surface area contributed by atoms with Crippen molar-refractivity contribution in [2.75, 3.05) is 0 Å². The first-order valence-electron chi connectivity index (χ1n) is 6.38. The van der Waals surface area contributed by atoms with Gasteiger partial charge in [0.25, 0.3) is 0 Å². The maximum Gasteiger partial charge on any atom is 0.114 e. The van der Waals surface area contributed by atoms with Gasteiger partial charge in [-0.15, -0.1) is 0 Å². The molecule has 2 nitrogen and oxygen atoms in total. The first kappa shape index (κ1) is 14.2. The van der Waals surface area contributed by atoms with Crippen LogP contribution >= 0.6 is 0 Å². The predicted molar refractivity (Wildman–Crippen MR) is 71.7 cm³/mol. The molecule has 0 aromatic carbocycles. The van der Waals surface area contributed by atoms with Crippen molar-refractivity contribution in [2.45, 2.75) is 45.6 Å². The standard InChI is InChI=1S/C15H24O2/c1-11(2)14-8-5-12(3)6-10-15(17-16)13(4)7-9-14/h5,8,11,14-16H,3-4,6-7,9-10H2,1-2H3/t14-,15-/m0/s1. The summed E-state index contributed by atoms with van der Waals surface area (Å²) in [6, 6.07) is 0. The van der Waals surface area contributed by atoms with Gasteiger partial charge in [0.05, 0.1) is 0 Å². The second-order valence-corrected chi connectivity index (χ2v) is 5.25. The maximum atomic E-state index is 8.89. The summed E-state index contributed by atoms with van der Waals surface area (Å²) >= 11 is 0. The molecule has 2 heteroatoms. The van der Waals surface area contributed by atoms with Gasteiger partial charge in [-0.05, 0) is 43.1 Å². The Hall–Kier alpha value is -0.860. The van der Waals surface area contributed by atoms with Crippen LogP contribution in [0.1, 0.15) is 39.5 Å². The van der Waals surface area contributed by atoms with Gasteiger partial charge < -0.3 is 0 Å². The molecule has 1 aliphatic rings. The maximum absolute atomic E-state index is 8.89. The van der Waals surface area contributed by atoms with Crippen molar-refractivity contribution in [3.8, 4) is 0 Å². The molecule has 1 rings (SSSR count). The van der Waals surface area contributed by atoms with Gasteiger partial charge in [0.2, 0.25) is 0 Å². The molecule has 0 bridgehead atoms. The average Bonchev–Trinajstić information content (AvgIpc) is 2.28. The van der Waals surface area contributed by atoms with Crippen LogP contribution in [-0.4, -0.2) is 11.4 Å². The topological polar surface area (TPSA) is 29.5 Å². The molecule has 0 aromatic rings. The van der Waals surface area contributed by atoms with Crippen molar-refractivity contribution in [1.29, 1.82) is 0 Å². The number of hydrogen-bond acceptors (Lipinski definition) is 2. The Balaban J connectivity index is 2.77. The van der Waals surface area contributed by atoms with E-state index in [4.69, 9.17) is 5.26 Å². The fraction of sp³-hybridized carbons (Fsp3) is 0.600. The van der Waals surface area contributed by atoms with Gasteiger partial charge in [-0.1, -0.05) is 44.7 Å². The monoisotopic (exact) mass is 236 g/mol. The van der Waals surface area contributed by atoms with E-state index < -0.39 is 0 Å². The lowest BCUT2D eigenvalue weighted by Gasteiger charge is -2.22. The zero-order valence-corrected chi connectivity index (χ0v) is 11.0. The largest absolute Gasteiger partial charge is 0.251 e. The third kappa shape index (κ3) is 4.49. The molecule has 0 aromatic heterocycles. The SMILES string of the molecule is C=C1C=C[C@H](C(C)C)CCC(=C)[C@@H](OO)CC1. The van der Waals surface area contributed by atoms with E-state index in [9.17, 15) is 0 Å². The van der Waals surface area contributed by atoms with Gasteiger partial charge in [-0.25, -0.2) is 4.89 Å². The molecular formula is C15H24O2. The van der Waals surface area contributed by atoms with Gasteiger partial charge in [0.15, 0.2) is 0 Å². The van der Waals surface area contributed by atoms with Gasteiger partial charge in [-0.2, -0.15) is 0 Å². The molecule has 0 saturated heterocycles. The van der Waals surface area contributed by atoms with Gasteiger partial charge in [0.1, 0.15) is 6.10 Å². The van der Waals surface area contributed by atoms with Crippen molar-refractivity contribution in [1.82, 2.24) is 0 Å². The highest BCUT2D eigenvalue weighted by Crippen LogP contribution is 2.27. The summed E-state index contributed by atoms with van der Waals surface area (Å²) < 4.78 is 0. The van der Waals surface area contributed by atoms with Crippen molar-refractivity contribution >= 4 is 0 Å². The van der Waals surface area contributed by atoms with Gasteiger partial charge >= 0.3 is 0 Å². The molecular weight excluding hydrogens is 212 g/mol. The van der Waals surface area contributed by atoms with E-state index in [1.54, 1.807) is 0 Å². The van der Waals surface area contributed by atoms with Crippen LogP contribution in [0.25, 0.3) is 0 Å². The van der Waals surface area contributed by atoms with Crippen molar-refractivity contribution < 1.29 is 10.1 Å². The fourth-order valence-corrected chi connectivity index (χ4v) is 2.16. The summed E-state index contributed by atoms with van der Waals surface area (Å²) in [5.74, 6) is 1.15. The number of rotatable bonds is 2. The Morgan fingerprint density at radius 1 is 1.29 bits per heavy atom. The molecule has 0 radical (unpaired) electrons. The molecule has 0 fully saturated rings. The summed E-state index contributed by atoms with van der Waals surface area (Å²) in [4.78, 5) is 4.51. The van der Waals surface area contributed by atoms with Crippen molar-refractivity contribution in [2.24, 2.45) is 11.8 Å². The van der Waals surface area contributed by atoms with Crippen molar-refractivity contribution in [3.63, 3.8) is 0 Å². The summed E-state index contributed by atoms with van der Waals surface area (Å²) in [7, 11) is 0. The van der Waals surface area contributed by atoms with E-state index in [-0.39, 0.29) is 6.10 Å². The smallest absolute Gasteiger partial charge is 0.114 e. The average molecular weight is 236 g/mol. The van der Waals surface area contributed by atoms with Crippen LogP contribution < -0.4 is 0 Å².